The number of cyclic esters (lactones) is 1. The number of hydrogen-bond donors (Lipinski definition) is 3. The summed E-state index contributed by atoms with van der Waals surface area (Å²) in [6, 6.07) is 8.45. The van der Waals surface area contributed by atoms with Crippen LogP contribution in [0.25, 0.3) is 11.6 Å². The molecule has 0 saturated carbocycles. The predicted molar refractivity (Wildman–Crippen MR) is 116 cm³/mol. The van der Waals surface area contributed by atoms with Crippen molar-refractivity contribution in [3.05, 3.63) is 82.2 Å². The Morgan fingerprint density at radius 1 is 0.909 bits per heavy atom. The number of anilines is 2. The molecule has 0 unspecified atom stereocenters. The van der Waals surface area contributed by atoms with Gasteiger partial charge in [-0.1, -0.05) is 0 Å². The van der Waals surface area contributed by atoms with Crippen LogP contribution in [0.2, 0.25) is 0 Å². The van der Waals surface area contributed by atoms with Crippen LogP contribution in [0, 0.1) is 11.6 Å². The van der Waals surface area contributed by atoms with Crippen molar-refractivity contribution in [2.75, 3.05) is 17.2 Å². The van der Waals surface area contributed by atoms with Crippen LogP contribution in [-0.2, 0) is 27.2 Å². The highest BCUT2D eigenvalue weighted by atomic mass is 19.1. The molecule has 0 bridgehead atoms. The maximum Gasteiger partial charge on any atom is 0.339 e. The number of aromatic nitrogens is 1. The molecule has 7 nitrogen and oxygen atoms in total. The predicted octanol–water partition coefficient (Wildman–Crippen LogP) is 3.68. The van der Waals surface area contributed by atoms with Crippen molar-refractivity contribution in [2.24, 2.45) is 0 Å². The first-order chi connectivity index (χ1) is 15.9. The van der Waals surface area contributed by atoms with E-state index in [1.165, 1.54) is 30.3 Å². The molecule has 0 aliphatic carbocycles. The molecule has 0 radical (unpaired) electrons. The summed E-state index contributed by atoms with van der Waals surface area (Å²) in [7, 11) is 0. The fourth-order valence-electron chi connectivity index (χ4n) is 4.02. The van der Waals surface area contributed by atoms with Crippen LogP contribution in [0.1, 0.15) is 32.7 Å². The molecular weight excluding hydrogens is 432 g/mol. The van der Waals surface area contributed by atoms with Gasteiger partial charge in [-0.05, 0) is 53.6 Å². The zero-order valence-electron chi connectivity index (χ0n) is 17.1. The van der Waals surface area contributed by atoms with Gasteiger partial charge < -0.3 is 20.4 Å². The minimum atomic E-state index is -0.404. The van der Waals surface area contributed by atoms with E-state index >= 15 is 0 Å². The second-order valence-corrected chi connectivity index (χ2v) is 7.71. The number of esters is 1. The van der Waals surface area contributed by atoms with E-state index in [9.17, 15) is 23.2 Å². The molecule has 3 N–H and O–H groups in total. The highest BCUT2D eigenvalue weighted by Crippen LogP contribution is 2.34. The van der Waals surface area contributed by atoms with Gasteiger partial charge in [0.05, 0.1) is 24.2 Å². The lowest BCUT2D eigenvalue weighted by molar-refractivity contribution is -0.115. The number of benzene rings is 2. The number of H-pyrrole nitrogens is 1. The van der Waals surface area contributed by atoms with Gasteiger partial charge in [0.1, 0.15) is 11.6 Å². The Balaban J connectivity index is 0.000000174. The summed E-state index contributed by atoms with van der Waals surface area (Å²) in [6.07, 6.45) is 4.11. The molecule has 4 heterocycles. The standard InChI is InChI=1S/C16H11FN2O3.C8H6FNO/c17-8-1-2-13-10(5-8)11(15(20)19-13)6-14-9-3-4-22-16(21)12(9)7-18-14;9-6-1-2-7-5(3-6)4-8(11)10-7/h1-2,5-7,18H,3-4H2,(H,19,20);1-3H,4H2,(H,10,11). The number of nitrogens with one attached hydrogen (secondary N) is 3. The number of ether oxygens (including phenoxy) is 1. The highest BCUT2D eigenvalue weighted by molar-refractivity contribution is 6.34. The molecule has 33 heavy (non-hydrogen) atoms. The van der Waals surface area contributed by atoms with Crippen molar-refractivity contribution in [1.29, 1.82) is 0 Å². The van der Waals surface area contributed by atoms with E-state index in [-0.39, 0.29) is 23.6 Å². The third-order valence-corrected chi connectivity index (χ3v) is 5.57. The Hall–Kier alpha value is -4.27. The SMILES string of the molecule is O=C1Cc2cc(F)ccc2N1.O=C1Nc2ccc(F)cc2C1=Cc1[nH]cc2c1CCOC2=O. The number of amides is 2. The number of halogens is 2. The van der Waals surface area contributed by atoms with Gasteiger partial charge in [0.25, 0.3) is 5.91 Å². The largest absolute Gasteiger partial charge is 0.462 e. The third kappa shape index (κ3) is 3.89. The van der Waals surface area contributed by atoms with Crippen LogP contribution in [0.5, 0.6) is 0 Å². The van der Waals surface area contributed by atoms with E-state index < -0.39 is 5.82 Å². The highest BCUT2D eigenvalue weighted by Gasteiger charge is 2.27. The summed E-state index contributed by atoms with van der Waals surface area (Å²) in [5, 5.41) is 5.32. The molecule has 3 aliphatic heterocycles. The fraction of sp³-hybridized carbons (Fsp3) is 0.125. The van der Waals surface area contributed by atoms with E-state index in [2.05, 4.69) is 15.6 Å². The molecule has 3 aromatic rings. The van der Waals surface area contributed by atoms with Crippen molar-refractivity contribution in [2.45, 2.75) is 12.8 Å². The summed E-state index contributed by atoms with van der Waals surface area (Å²) in [4.78, 5) is 37.5. The average Bonchev–Trinajstić information content (AvgIpc) is 3.44. The first-order valence-corrected chi connectivity index (χ1v) is 10.2. The maximum atomic E-state index is 13.4. The number of carbonyl (C=O) groups is 3. The first kappa shape index (κ1) is 20.6. The smallest absolute Gasteiger partial charge is 0.339 e. The molecule has 0 atom stereocenters. The molecule has 0 fully saturated rings. The van der Waals surface area contributed by atoms with Crippen LogP contribution >= 0.6 is 0 Å². The van der Waals surface area contributed by atoms with E-state index in [4.69, 9.17) is 4.74 Å². The van der Waals surface area contributed by atoms with E-state index in [0.717, 1.165) is 16.8 Å². The van der Waals surface area contributed by atoms with Crippen LogP contribution in [0.15, 0.2) is 42.6 Å². The van der Waals surface area contributed by atoms with Crippen molar-refractivity contribution >= 4 is 40.8 Å². The minimum Gasteiger partial charge on any atom is -0.462 e. The quantitative estimate of drug-likeness (QED) is 0.390. The molecule has 166 valence electrons. The number of rotatable bonds is 1. The topological polar surface area (TPSA) is 100 Å². The van der Waals surface area contributed by atoms with Crippen LogP contribution < -0.4 is 10.6 Å². The first-order valence-electron chi connectivity index (χ1n) is 10.2. The van der Waals surface area contributed by atoms with Gasteiger partial charge >= 0.3 is 5.97 Å². The Morgan fingerprint density at radius 2 is 1.67 bits per heavy atom. The average molecular weight is 449 g/mol. The summed E-state index contributed by atoms with van der Waals surface area (Å²) < 4.78 is 31.0. The Kier molecular flexibility index (Phi) is 5.01. The zero-order valence-corrected chi connectivity index (χ0v) is 17.1. The number of fused-ring (bicyclic) bond motifs is 3. The number of hydrogen-bond acceptors (Lipinski definition) is 4. The van der Waals surface area contributed by atoms with Crippen molar-refractivity contribution < 1.29 is 27.9 Å². The third-order valence-electron chi connectivity index (χ3n) is 5.57. The lowest BCUT2D eigenvalue weighted by atomic mass is 10.0. The van der Waals surface area contributed by atoms with Gasteiger partial charge in [0.15, 0.2) is 0 Å². The van der Waals surface area contributed by atoms with Crippen LogP contribution in [-0.4, -0.2) is 29.4 Å². The number of carbonyl (C=O) groups excluding carboxylic acids is 3. The summed E-state index contributed by atoms with van der Waals surface area (Å²) in [5.41, 5.74) is 4.93. The molecule has 6 rings (SSSR count). The molecule has 9 heteroatoms. The van der Waals surface area contributed by atoms with Crippen molar-refractivity contribution in [3.8, 4) is 0 Å². The van der Waals surface area contributed by atoms with Crippen LogP contribution in [0.4, 0.5) is 20.2 Å². The van der Waals surface area contributed by atoms with E-state index in [1.54, 1.807) is 18.3 Å². The summed E-state index contributed by atoms with van der Waals surface area (Å²) >= 11 is 0. The lowest BCUT2D eigenvalue weighted by Crippen LogP contribution is -2.16. The molecule has 0 saturated heterocycles. The van der Waals surface area contributed by atoms with Gasteiger partial charge in [0, 0.05) is 35.2 Å². The minimum absolute atomic E-state index is 0.0643. The van der Waals surface area contributed by atoms with Gasteiger partial charge in [-0.15, -0.1) is 0 Å². The fourth-order valence-corrected chi connectivity index (χ4v) is 4.02. The van der Waals surface area contributed by atoms with E-state index in [0.29, 0.717) is 47.5 Å². The van der Waals surface area contributed by atoms with Gasteiger partial charge in [-0.2, -0.15) is 0 Å². The maximum absolute atomic E-state index is 13.4. The lowest BCUT2D eigenvalue weighted by Gasteiger charge is -2.12. The second kappa shape index (κ2) is 8.01. The molecule has 1 aromatic heterocycles. The number of aromatic amines is 1. The van der Waals surface area contributed by atoms with Gasteiger partial charge in [-0.3, -0.25) is 9.59 Å². The zero-order chi connectivity index (χ0) is 23.1. The normalized spacial score (nSPS) is 16.8. The summed E-state index contributed by atoms with van der Waals surface area (Å²) in [5.74, 6) is -1.42. The van der Waals surface area contributed by atoms with E-state index in [1.807, 2.05) is 0 Å². The van der Waals surface area contributed by atoms with Gasteiger partial charge in [-0.25, -0.2) is 13.6 Å². The molecule has 2 aromatic carbocycles. The Morgan fingerprint density at radius 3 is 2.48 bits per heavy atom. The Labute approximate surface area is 186 Å². The van der Waals surface area contributed by atoms with Gasteiger partial charge in [0.2, 0.25) is 5.91 Å². The van der Waals surface area contributed by atoms with Crippen molar-refractivity contribution in [3.63, 3.8) is 0 Å². The molecule has 2 amide bonds. The molecular formula is C24H17F2N3O4. The monoisotopic (exact) mass is 449 g/mol. The molecule has 0 spiro atoms. The Bertz CT molecular complexity index is 1360. The second-order valence-electron chi connectivity index (χ2n) is 7.71. The summed E-state index contributed by atoms with van der Waals surface area (Å²) in [6.45, 7) is 0.317. The van der Waals surface area contributed by atoms with Crippen molar-refractivity contribution in [1.82, 2.24) is 4.98 Å². The van der Waals surface area contributed by atoms with Crippen LogP contribution in [0.3, 0.4) is 0 Å². The molecule has 3 aliphatic rings.